The molecule has 1 aromatic carbocycles. The van der Waals surface area contributed by atoms with E-state index < -0.39 is 0 Å². The number of carbonyl (C=O) groups excluding carboxylic acids is 1. The van der Waals surface area contributed by atoms with Gasteiger partial charge in [0.05, 0.1) is 18.4 Å². The number of para-hydroxylation sites is 1. The summed E-state index contributed by atoms with van der Waals surface area (Å²) >= 11 is 1.90. The number of thioether (sulfide) groups is 1. The van der Waals surface area contributed by atoms with Gasteiger partial charge in [-0.3, -0.25) is 0 Å². The molecule has 0 aromatic heterocycles. The van der Waals surface area contributed by atoms with Crippen molar-refractivity contribution in [3.8, 4) is 0 Å². The lowest BCUT2D eigenvalue weighted by Gasteiger charge is -2.34. The fourth-order valence-corrected chi connectivity index (χ4v) is 3.19. The molecule has 1 aliphatic rings. The van der Waals surface area contributed by atoms with Gasteiger partial charge in [-0.2, -0.15) is 11.8 Å². The predicted molar refractivity (Wildman–Crippen MR) is 75.3 cm³/mol. The van der Waals surface area contributed by atoms with Crippen LogP contribution in [0.4, 0.5) is 5.69 Å². The monoisotopic (exact) mass is 266 g/mol. The van der Waals surface area contributed by atoms with E-state index in [2.05, 4.69) is 4.90 Å². The first-order chi connectivity index (χ1) is 8.76. The molecule has 1 unspecified atom stereocenters. The molecule has 2 N–H and O–H groups in total. The van der Waals surface area contributed by atoms with Gasteiger partial charge in [-0.25, -0.2) is 4.79 Å². The van der Waals surface area contributed by atoms with Crippen LogP contribution in [0.5, 0.6) is 0 Å². The topological polar surface area (TPSA) is 55.6 Å². The molecular weight excluding hydrogens is 248 g/mol. The molecule has 0 radical (unpaired) electrons. The molecular formula is C13H18N2O2S. The number of esters is 1. The Bertz CT molecular complexity index is 425. The van der Waals surface area contributed by atoms with Gasteiger partial charge in [0.2, 0.25) is 0 Å². The van der Waals surface area contributed by atoms with Crippen LogP contribution in [0.2, 0.25) is 0 Å². The maximum absolute atomic E-state index is 11.7. The highest BCUT2D eigenvalue weighted by molar-refractivity contribution is 8.00. The number of anilines is 1. The molecule has 1 aliphatic heterocycles. The van der Waals surface area contributed by atoms with Crippen molar-refractivity contribution in [2.45, 2.75) is 5.25 Å². The summed E-state index contributed by atoms with van der Waals surface area (Å²) in [6.45, 7) is 2.49. The maximum atomic E-state index is 11.7. The van der Waals surface area contributed by atoms with Crippen molar-refractivity contribution >= 4 is 23.4 Å². The van der Waals surface area contributed by atoms with Crippen molar-refractivity contribution in [3.05, 3.63) is 29.8 Å². The van der Waals surface area contributed by atoms with Gasteiger partial charge < -0.3 is 15.4 Å². The smallest absolute Gasteiger partial charge is 0.339 e. The summed E-state index contributed by atoms with van der Waals surface area (Å²) in [6.07, 6.45) is 0. The number of hydrogen-bond donors (Lipinski definition) is 1. The van der Waals surface area contributed by atoms with E-state index in [9.17, 15) is 4.79 Å². The molecule has 0 saturated carbocycles. The Balaban J connectivity index is 2.24. The van der Waals surface area contributed by atoms with Gasteiger partial charge in [0, 0.05) is 30.6 Å². The molecule has 1 saturated heterocycles. The number of carbonyl (C=O) groups is 1. The third kappa shape index (κ3) is 2.79. The Morgan fingerprint density at radius 2 is 2.33 bits per heavy atom. The second-order valence-electron chi connectivity index (χ2n) is 4.18. The van der Waals surface area contributed by atoms with Crippen molar-refractivity contribution in [1.82, 2.24) is 0 Å². The average Bonchev–Trinajstić information content (AvgIpc) is 2.46. The number of hydrogen-bond acceptors (Lipinski definition) is 5. The molecule has 4 nitrogen and oxygen atoms in total. The fraction of sp³-hybridized carbons (Fsp3) is 0.462. The number of benzene rings is 1. The second kappa shape index (κ2) is 6.11. The largest absolute Gasteiger partial charge is 0.465 e. The van der Waals surface area contributed by atoms with E-state index in [1.165, 1.54) is 7.11 Å². The Hall–Kier alpha value is -1.20. The van der Waals surface area contributed by atoms with Crippen LogP contribution in [0.15, 0.2) is 24.3 Å². The van der Waals surface area contributed by atoms with E-state index in [0.29, 0.717) is 17.4 Å². The third-order valence-electron chi connectivity index (χ3n) is 3.05. The van der Waals surface area contributed by atoms with E-state index >= 15 is 0 Å². The molecule has 0 amide bonds. The number of ether oxygens (including phenoxy) is 1. The number of rotatable bonds is 3. The van der Waals surface area contributed by atoms with E-state index in [4.69, 9.17) is 10.5 Å². The first-order valence-corrected chi connectivity index (χ1v) is 7.05. The Labute approximate surface area is 111 Å². The number of methoxy groups -OCH3 is 1. The minimum Gasteiger partial charge on any atom is -0.465 e. The van der Waals surface area contributed by atoms with Crippen LogP contribution in [-0.2, 0) is 4.74 Å². The van der Waals surface area contributed by atoms with Gasteiger partial charge in [-0.05, 0) is 12.1 Å². The number of nitrogens with zero attached hydrogens (tertiary/aromatic N) is 1. The molecule has 1 heterocycles. The van der Waals surface area contributed by atoms with Crippen LogP contribution in [-0.4, -0.2) is 43.7 Å². The van der Waals surface area contributed by atoms with Crippen molar-refractivity contribution in [1.29, 1.82) is 0 Å². The first-order valence-electron chi connectivity index (χ1n) is 6.00. The first kappa shape index (κ1) is 13.2. The van der Waals surface area contributed by atoms with Crippen LogP contribution in [0.25, 0.3) is 0 Å². The molecule has 18 heavy (non-hydrogen) atoms. The van der Waals surface area contributed by atoms with Crippen LogP contribution in [0.3, 0.4) is 0 Å². The lowest BCUT2D eigenvalue weighted by molar-refractivity contribution is 0.0601. The average molecular weight is 266 g/mol. The van der Waals surface area contributed by atoms with Crippen LogP contribution in [0, 0.1) is 0 Å². The van der Waals surface area contributed by atoms with Gasteiger partial charge in [-0.1, -0.05) is 12.1 Å². The van der Waals surface area contributed by atoms with Crippen LogP contribution in [0.1, 0.15) is 10.4 Å². The van der Waals surface area contributed by atoms with Gasteiger partial charge in [0.1, 0.15) is 0 Å². The summed E-state index contributed by atoms with van der Waals surface area (Å²) < 4.78 is 4.83. The van der Waals surface area contributed by atoms with E-state index in [1.807, 2.05) is 30.0 Å². The number of nitrogens with two attached hydrogens (primary N) is 1. The highest BCUT2D eigenvalue weighted by atomic mass is 32.2. The maximum Gasteiger partial charge on any atom is 0.339 e. The molecule has 98 valence electrons. The van der Waals surface area contributed by atoms with Crippen molar-refractivity contribution in [2.75, 3.05) is 37.4 Å². The predicted octanol–water partition coefficient (Wildman–Crippen LogP) is 1.35. The third-order valence-corrected chi connectivity index (χ3v) is 4.28. The fourth-order valence-electron chi connectivity index (χ4n) is 2.11. The Morgan fingerprint density at radius 1 is 1.56 bits per heavy atom. The van der Waals surface area contributed by atoms with E-state index in [-0.39, 0.29) is 5.97 Å². The highest BCUT2D eigenvalue weighted by Crippen LogP contribution is 2.26. The molecule has 0 spiro atoms. The minimum atomic E-state index is -0.284. The molecule has 2 rings (SSSR count). The molecule has 5 heteroatoms. The second-order valence-corrected chi connectivity index (χ2v) is 5.59. The Kier molecular flexibility index (Phi) is 4.49. The van der Waals surface area contributed by atoms with Crippen molar-refractivity contribution in [3.63, 3.8) is 0 Å². The molecule has 0 aliphatic carbocycles. The van der Waals surface area contributed by atoms with E-state index in [1.54, 1.807) is 6.07 Å². The van der Waals surface area contributed by atoms with E-state index in [0.717, 1.165) is 24.5 Å². The van der Waals surface area contributed by atoms with Crippen LogP contribution < -0.4 is 10.6 Å². The van der Waals surface area contributed by atoms with Crippen molar-refractivity contribution in [2.24, 2.45) is 5.73 Å². The summed E-state index contributed by atoms with van der Waals surface area (Å²) in [7, 11) is 1.41. The molecule has 1 fully saturated rings. The zero-order valence-electron chi connectivity index (χ0n) is 10.5. The molecule has 1 aromatic rings. The lowest BCUT2D eigenvalue weighted by atomic mass is 10.1. The molecule has 1 atom stereocenters. The van der Waals surface area contributed by atoms with Gasteiger partial charge in [0.25, 0.3) is 0 Å². The van der Waals surface area contributed by atoms with Crippen LogP contribution >= 0.6 is 11.8 Å². The van der Waals surface area contributed by atoms with Gasteiger partial charge in [-0.15, -0.1) is 0 Å². The highest BCUT2D eigenvalue weighted by Gasteiger charge is 2.23. The lowest BCUT2D eigenvalue weighted by Crippen LogP contribution is -2.41. The summed E-state index contributed by atoms with van der Waals surface area (Å²) in [6, 6.07) is 7.58. The summed E-state index contributed by atoms with van der Waals surface area (Å²) in [5.41, 5.74) is 7.30. The Morgan fingerprint density at radius 3 is 3.06 bits per heavy atom. The minimum absolute atomic E-state index is 0.284. The summed E-state index contributed by atoms with van der Waals surface area (Å²) in [5, 5.41) is 0.435. The normalized spacial score (nSPS) is 19.7. The van der Waals surface area contributed by atoms with Gasteiger partial charge >= 0.3 is 5.97 Å². The molecule has 0 bridgehead atoms. The standard InChI is InChI=1S/C13H18N2O2S/c1-17-13(16)11-4-2-3-5-12(11)15-6-7-18-10(8-14)9-15/h2-5,10H,6-9,14H2,1H3. The summed E-state index contributed by atoms with van der Waals surface area (Å²) in [4.78, 5) is 14.0. The SMILES string of the molecule is COC(=O)c1ccccc1N1CCSC(CN)C1. The summed E-state index contributed by atoms with van der Waals surface area (Å²) in [5.74, 6) is 0.755. The quantitative estimate of drug-likeness (QED) is 0.837. The van der Waals surface area contributed by atoms with Gasteiger partial charge in [0.15, 0.2) is 0 Å². The van der Waals surface area contributed by atoms with Crippen molar-refractivity contribution < 1.29 is 9.53 Å². The zero-order chi connectivity index (χ0) is 13.0. The zero-order valence-corrected chi connectivity index (χ0v) is 11.3.